The molecular formula is C14H28N2O. The van der Waals surface area contributed by atoms with E-state index in [9.17, 15) is 0 Å². The van der Waals surface area contributed by atoms with Gasteiger partial charge in [-0.3, -0.25) is 4.90 Å². The Morgan fingerprint density at radius 3 is 2.24 bits per heavy atom. The summed E-state index contributed by atoms with van der Waals surface area (Å²) in [5, 5.41) is 3.62. The SMILES string of the molecule is CC1(C)C(CNCCN2CCOCC2)C1(C)C. The van der Waals surface area contributed by atoms with Crippen LogP contribution < -0.4 is 5.32 Å². The van der Waals surface area contributed by atoms with Gasteiger partial charge in [0.1, 0.15) is 0 Å². The molecule has 0 aromatic heterocycles. The largest absolute Gasteiger partial charge is 0.379 e. The van der Waals surface area contributed by atoms with Gasteiger partial charge in [-0.05, 0) is 23.3 Å². The van der Waals surface area contributed by atoms with Crippen LogP contribution in [0.1, 0.15) is 27.7 Å². The standard InChI is InChI=1S/C14H28N2O/c1-13(2)12(14(13,3)4)11-15-5-6-16-7-9-17-10-8-16/h12,15H,5-11H2,1-4H3. The number of rotatable bonds is 5. The quantitative estimate of drug-likeness (QED) is 0.739. The molecule has 17 heavy (non-hydrogen) atoms. The average molecular weight is 240 g/mol. The molecule has 1 saturated heterocycles. The van der Waals surface area contributed by atoms with Crippen LogP contribution in [0.25, 0.3) is 0 Å². The predicted molar refractivity (Wildman–Crippen MR) is 71.2 cm³/mol. The maximum absolute atomic E-state index is 5.35. The van der Waals surface area contributed by atoms with E-state index < -0.39 is 0 Å². The molecule has 2 fully saturated rings. The van der Waals surface area contributed by atoms with E-state index >= 15 is 0 Å². The zero-order chi connectivity index (χ0) is 12.5. The van der Waals surface area contributed by atoms with Crippen molar-refractivity contribution in [3.8, 4) is 0 Å². The summed E-state index contributed by atoms with van der Waals surface area (Å²) < 4.78 is 5.35. The van der Waals surface area contributed by atoms with Gasteiger partial charge in [-0.1, -0.05) is 27.7 Å². The molecule has 0 radical (unpaired) electrons. The van der Waals surface area contributed by atoms with Gasteiger partial charge in [0.2, 0.25) is 0 Å². The summed E-state index contributed by atoms with van der Waals surface area (Å²) in [5.74, 6) is 0.833. The number of hydrogen-bond acceptors (Lipinski definition) is 3. The number of nitrogens with zero attached hydrogens (tertiary/aromatic N) is 1. The fraction of sp³-hybridized carbons (Fsp3) is 1.00. The Morgan fingerprint density at radius 1 is 1.12 bits per heavy atom. The van der Waals surface area contributed by atoms with Gasteiger partial charge < -0.3 is 10.1 Å². The van der Waals surface area contributed by atoms with E-state index in [4.69, 9.17) is 4.74 Å². The minimum absolute atomic E-state index is 0.513. The molecule has 2 aliphatic rings. The number of morpholine rings is 1. The highest BCUT2D eigenvalue weighted by molar-refractivity contribution is 5.12. The van der Waals surface area contributed by atoms with Gasteiger partial charge in [-0.15, -0.1) is 0 Å². The van der Waals surface area contributed by atoms with Crippen LogP contribution in [0.4, 0.5) is 0 Å². The van der Waals surface area contributed by atoms with E-state index in [2.05, 4.69) is 37.9 Å². The third-order valence-electron chi connectivity index (χ3n) is 5.38. The van der Waals surface area contributed by atoms with E-state index in [-0.39, 0.29) is 0 Å². The lowest BCUT2D eigenvalue weighted by Crippen LogP contribution is -2.40. The van der Waals surface area contributed by atoms with Crippen LogP contribution in [0.2, 0.25) is 0 Å². The van der Waals surface area contributed by atoms with E-state index in [0.717, 1.165) is 45.3 Å². The highest BCUT2D eigenvalue weighted by Gasteiger charge is 2.63. The van der Waals surface area contributed by atoms with Crippen molar-refractivity contribution in [2.24, 2.45) is 16.7 Å². The predicted octanol–water partition coefficient (Wildman–Crippen LogP) is 1.59. The molecule has 3 heteroatoms. The second kappa shape index (κ2) is 4.87. The van der Waals surface area contributed by atoms with Gasteiger partial charge in [-0.25, -0.2) is 0 Å². The fourth-order valence-electron chi connectivity index (χ4n) is 3.15. The van der Waals surface area contributed by atoms with Crippen molar-refractivity contribution >= 4 is 0 Å². The zero-order valence-electron chi connectivity index (χ0n) is 11.9. The van der Waals surface area contributed by atoms with Crippen LogP contribution in [0, 0.1) is 16.7 Å². The Labute approximate surface area is 106 Å². The monoisotopic (exact) mass is 240 g/mol. The van der Waals surface area contributed by atoms with Crippen molar-refractivity contribution in [1.29, 1.82) is 0 Å². The smallest absolute Gasteiger partial charge is 0.0594 e. The Bertz CT molecular complexity index is 243. The maximum atomic E-state index is 5.35. The number of nitrogens with one attached hydrogen (secondary N) is 1. The van der Waals surface area contributed by atoms with Crippen LogP contribution >= 0.6 is 0 Å². The summed E-state index contributed by atoms with van der Waals surface area (Å²) in [6.45, 7) is 17.0. The summed E-state index contributed by atoms with van der Waals surface area (Å²) in [6, 6.07) is 0. The van der Waals surface area contributed by atoms with Crippen LogP contribution in [0.3, 0.4) is 0 Å². The second-order valence-electron chi connectivity index (χ2n) is 6.65. The van der Waals surface area contributed by atoms with Gasteiger partial charge in [-0.2, -0.15) is 0 Å². The molecule has 3 nitrogen and oxygen atoms in total. The Morgan fingerprint density at radius 2 is 1.71 bits per heavy atom. The molecule has 0 aromatic carbocycles. The fourth-order valence-corrected chi connectivity index (χ4v) is 3.15. The van der Waals surface area contributed by atoms with Gasteiger partial charge in [0.05, 0.1) is 13.2 Å². The highest BCUT2D eigenvalue weighted by atomic mass is 16.5. The summed E-state index contributed by atoms with van der Waals surface area (Å²) >= 11 is 0. The summed E-state index contributed by atoms with van der Waals surface area (Å²) in [7, 11) is 0. The van der Waals surface area contributed by atoms with Crippen molar-refractivity contribution in [1.82, 2.24) is 10.2 Å². The molecule has 0 amide bonds. The topological polar surface area (TPSA) is 24.5 Å². The first-order valence-corrected chi connectivity index (χ1v) is 6.97. The Hall–Kier alpha value is -0.120. The molecule has 0 spiro atoms. The van der Waals surface area contributed by atoms with E-state index in [1.165, 1.54) is 6.54 Å². The maximum Gasteiger partial charge on any atom is 0.0594 e. The van der Waals surface area contributed by atoms with Crippen molar-refractivity contribution in [2.75, 3.05) is 45.9 Å². The first kappa shape index (κ1) is 13.3. The molecule has 0 unspecified atom stereocenters. The molecule has 1 heterocycles. The Kier molecular flexibility index (Phi) is 3.81. The van der Waals surface area contributed by atoms with Gasteiger partial charge in [0, 0.05) is 26.2 Å². The van der Waals surface area contributed by atoms with Crippen LogP contribution in [0.5, 0.6) is 0 Å². The molecule has 0 aromatic rings. The van der Waals surface area contributed by atoms with Gasteiger partial charge in [0.15, 0.2) is 0 Å². The number of ether oxygens (including phenoxy) is 1. The molecular weight excluding hydrogens is 212 g/mol. The molecule has 1 N–H and O–H groups in total. The van der Waals surface area contributed by atoms with Gasteiger partial charge in [0.25, 0.3) is 0 Å². The summed E-state index contributed by atoms with van der Waals surface area (Å²) in [6.07, 6.45) is 0. The normalized spacial score (nSPS) is 28.2. The molecule has 1 aliphatic heterocycles. The lowest BCUT2D eigenvalue weighted by atomic mass is 10.0. The van der Waals surface area contributed by atoms with Crippen molar-refractivity contribution in [3.05, 3.63) is 0 Å². The van der Waals surface area contributed by atoms with Crippen molar-refractivity contribution in [3.63, 3.8) is 0 Å². The summed E-state index contributed by atoms with van der Waals surface area (Å²) in [4.78, 5) is 2.49. The third-order valence-corrected chi connectivity index (χ3v) is 5.38. The average Bonchev–Trinajstić information content (AvgIpc) is 2.67. The van der Waals surface area contributed by atoms with Gasteiger partial charge >= 0.3 is 0 Å². The van der Waals surface area contributed by atoms with E-state index in [1.807, 2.05) is 0 Å². The Balaban J connectivity index is 1.58. The van der Waals surface area contributed by atoms with E-state index in [0.29, 0.717) is 10.8 Å². The van der Waals surface area contributed by atoms with Crippen molar-refractivity contribution in [2.45, 2.75) is 27.7 Å². The molecule has 0 bridgehead atoms. The molecule has 0 atom stereocenters. The summed E-state index contributed by atoms with van der Waals surface area (Å²) in [5.41, 5.74) is 1.03. The lowest BCUT2D eigenvalue weighted by Gasteiger charge is -2.26. The van der Waals surface area contributed by atoms with Crippen LogP contribution in [-0.4, -0.2) is 50.8 Å². The first-order valence-electron chi connectivity index (χ1n) is 6.97. The minimum Gasteiger partial charge on any atom is -0.379 e. The van der Waals surface area contributed by atoms with Crippen LogP contribution in [0.15, 0.2) is 0 Å². The second-order valence-corrected chi connectivity index (χ2v) is 6.65. The molecule has 1 aliphatic carbocycles. The number of hydrogen-bond donors (Lipinski definition) is 1. The zero-order valence-corrected chi connectivity index (χ0v) is 11.9. The molecule has 2 rings (SSSR count). The third kappa shape index (κ3) is 2.67. The highest BCUT2D eigenvalue weighted by Crippen LogP contribution is 2.67. The van der Waals surface area contributed by atoms with Crippen LogP contribution in [-0.2, 0) is 4.74 Å². The first-order chi connectivity index (χ1) is 7.96. The van der Waals surface area contributed by atoms with E-state index in [1.54, 1.807) is 0 Å². The molecule has 1 saturated carbocycles. The van der Waals surface area contributed by atoms with Crippen molar-refractivity contribution < 1.29 is 4.74 Å². The lowest BCUT2D eigenvalue weighted by molar-refractivity contribution is 0.0384. The minimum atomic E-state index is 0.513. The molecule has 100 valence electrons.